The van der Waals surface area contributed by atoms with Crippen molar-refractivity contribution in [2.24, 2.45) is 5.92 Å². The van der Waals surface area contributed by atoms with Gasteiger partial charge in [0.05, 0.1) is 18.3 Å². The molecule has 0 saturated heterocycles. The quantitative estimate of drug-likeness (QED) is 0.533. The lowest BCUT2D eigenvalue weighted by Gasteiger charge is -2.19. The van der Waals surface area contributed by atoms with Gasteiger partial charge in [-0.3, -0.25) is 4.79 Å². The Labute approximate surface area is 178 Å². The van der Waals surface area contributed by atoms with Gasteiger partial charge >= 0.3 is 5.97 Å². The van der Waals surface area contributed by atoms with E-state index in [4.69, 9.17) is 4.74 Å². The molecule has 2 aromatic rings. The highest BCUT2D eigenvalue weighted by Gasteiger charge is 2.37. The molecule has 0 fully saturated rings. The maximum atomic E-state index is 13.2. The molecule has 3 rings (SSSR count). The van der Waals surface area contributed by atoms with Gasteiger partial charge in [-0.1, -0.05) is 32.0 Å². The molecular formula is C25H30N2O3. The molecule has 1 aliphatic rings. The number of carbonyl (C=O) groups excluding carboxylic acids is 2. The van der Waals surface area contributed by atoms with Crippen LogP contribution in [-0.4, -0.2) is 35.0 Å². The number of allylic oxidation sites excluding steroid dienone is 1. The largest absolute Gasteiger partial charge is 0.465 e. The Hall–Kier alpha value is -3.08. The average molecular weight is 407 g/mol. The molecule has 0 aliphatic carbocycles. The van der Waals surface area contributed by atoms with Crippen molar-refractivity contribution in [1.82, 2.24) is 9.47 Å². The van der Waals surface area contributed by atoms with E-state index in [1.807, 2.05) is 39.0 Å². The first-order valence-corrected chi connectivity index (χ1v) is 10.2. The number of rotatable bonds is 5. The van der Waals surface area contributed by atoms with Crippen LogP contribution in [-0.2, 0) is 14.3 Å². The molecule has 0 radical (unpaired) electrons. The van der Waals surface area contributed by atoms with Crippen LogP contribution in [0.15, 0.2) is 47.2 Å². The second kappa shape index (κ2) is 8.34. The highest BCUT2D eigenvalue weighted by Crippen LogP contribution is 2.33. The fraction of sp³-hybridized carbons (Fsp3) is 0.360. The normalized spacial score (nSPS) is 15.7. The topological polar surface area (TPSA) is 51.5 Å². The smallest absolute Gasteiger partial charge is 0.340 e. The van der Waals surface area contributed by atoms with E-state index in [-0.39, 0.29) is 11.8 Å². The molecule has 5 heteroatoms. The van der Waals surface area contributed by atoms with Gasteiger partial charge in [-0.25, -0.2) is 4.79 Å². The molecule has 158 valence electrons. The van der Waals surface area contributed by atoms with Crippen molar-refractivity contribution in [3.63, 3.8) is 0 Å². The van der Waals surface area contributed by atoms with Crippen molar-refractivity contribution in [3.8, 4) is 5.69 Å². The van der Waals surface area contributed by atoms with E-state index < -0.39 is 5.97 Å². The highest BCUT2D eigenvalue weighted by molar-refractivity contribution is 6.16. The van der Waals surface area contributed by atoms with Crippen molar-refractivity contribution >= 4 is 18.0 Å². The molecule has 2 heterocycles. The van der Waals surface area contributed by atoms with E-state index in [0.29, 0.717) is 23.4 Å². The lowest BCUT2D eigenvalue weighted by atomic mass is 10.0. The molecule has 1 aliphatic heterocycles. The first-order chi connectivity index (χ1) is 14.2. The summed E-state index contributed by atoms with van der Waals surface area (Å²) in [5.74, 6) is -0.346. The Morgan fingerprint density at radius 3 is 2.40 bits per heavy atom. The fourth-order valence-electron chi connectivity index (χ4n) is 4.09. The van der Waals surface area contributed by atoms with Gasteiger partial charge in [0.1, 0.15) is 0 Å². The molecule has 0 unspecified atom stereocenters. The van der Waals surface area contributed by atoms with E-state index in [0.717, 1.165) is 22.6 Å². The van der Waals surface area contributed by atoms with E-state index >= 15 is 0 Å². The van der Waals surface area contributed by atoms with Crippen LogP contribution < -0.4 is 0 Å². The zero-order chi connectivity index (χ0) is 22.2. The summed E-state index contributed by atoms with van der Waals surface area (Å²) in [5.41, 5.74) is 6.68. The highest BCUT2D eigenvalue weighted by atomic mass is 16.5. The number of aryl methyl sites for hydroxylation is 2. The SMILES string of the molecule is COC(=O)C1=C(C)N(CC(C)C)C(=O)C1=Cc1cc(C)n(-c2ccccc2C)c1C. The second-order valence-corrected chi connectivity index (χ2v) is 8.27. The summed E-state index contributed by atoms with van der Waals surface area (Å²) in [6.45, 7) is 12.6. The number of amides is 1. The molecule has 0 spiro atoms. The standard InChI is InChI=1S/C25H30N2O3/c1-15(2)14-26-19(6)23(25(29)30-7)21(24(26)28)13-20-12-17(4)27(18(20)5)22-11-9-8-10-16(22)3/h8-13,15H,14H2,1-7H3. The molecule has 1 amide bonds. The van der Waals surface area contributed by atoms with Crippen LogP contribution in [0.5, 0.6) is 0 Å². The van der Waals surface area contributed by atoms with Gasteiger partial charge in [-0.05, 0) is 62.9 Å². The van der Waals surface area contributed by atoms with E-state index in [2.05, 4.69) is 43.5 Å². The summed E-state index contributed by atoms with van der Waals surface area (Å²) >= 11 is 0. The van der Waals surface area contributed by atoms with Crippen LogP contribution in [0.25, 0.3) is 11.8 Å². The number of nitrogens with zero attached hydrogens (tertiary/aromatic N) is 2. The van der Waals surface area contributed by atoms with Crippen molar-refractivity contribution in [2.45, 2.75) is 41.5 Å². The average Bonchev–Trinajstić information content (AvgIpc) is 3.09. The summed E-state index contributed by atoms with van der Waals surface area (Å²) in [6, 6.07) is 10.3. The number of ether oxygens (including phenoxy) is 1. The molecule has 30 heavy (non-hydrogen) atoms. The third kappa shape index (κ3) is 3.72. The van der Waals surface area contributed by atoms with E-state index in [1.54, 1.807) is 4.90 Å². The van der Waals surface area contributed by atoms with E-state index in [1.165, 1.54) is 12.7 Å². The van der Waals surface area contributed by atoms with Crippen LogP contribution >= 0.6 is 0 Å². The fourth-order valence-corrected chi connectivity index (χ4v) is 4.09. The Balaban J connectivity index is 2.14. The molecule has 0 saturated carbocycles. The number of benzene rings is 1. The number of hydrogen-bond donors (Lipinski definition) is 0. The lowest BCUT2D eigenvalue weighted by molar-refractivity contribution is -0.136. The summed E-state index contributed by atoms with van der Waals surface area (Å²) in [5, 5.41) is 0. The summed E-state index contributed by atoms with van der Waals surface area (Å²) in [7, 11) is 1.35. The van der Waals surface area contributed by atoms with Crippen LogP contribution in [0, 0.1) is 26.7 Å². The zero-order valence-electron chi connectivity index (χ0n) is 18.9. The summed E-state index contributed by atoms with van der Waals surface area (Å²) < 4.78 is 7.18. The molecule has 1 aromatic heterocycles. The van der Waals surface area contributed by atoms with Gasteiger partial charge in [0.25, 0.3) is 5.91 Å². The summed E-state index contributed by atoms with van der Waals surface area (Å²) in [6.07, 6.45) is 1.83. The van der Waals surface area contributed by atoms with Crippen LogP contribution in [0.4, 0.5) is 0 Å². The third-order valence-electron chi connectivity index (χ3n) is 5.58. The van der Waals surface area contributed by atoms with Gasteiger partial charge in [-0.2, -0.15) is 0 Å². The first kappa shape index (κ1) is 21.6. The third-order valence-corrected chi connectivity index (χ3v) is 5.58. The van der Waals surface area contributed by atoms with Gasteiger partial charge < -0.3 is 14.2 Å². The van der Waals surface area contributed by atoms with Crippen molar-refractivity contribution in [2.75, 3.05) is 13.7 Å². The lowest BCUT2D eigenvalue weighted by Crippen LogP contribution is -2.28. The van der Waals surface area contributed by atoms with Gasteiger partial charge in [-0.15, -0.1) is 0 Å². The molecular weight excluding hydrogens is 376 g/mol. The number of para-hydroxylation sites is 1. The summed E-state index contributed by atoms with van der Waals surface area (Å²) in [4.78, 5) is 27.4. The Morgan fingerprint density at radius 2 is 1.80 bits per heavy atom. The zero-order valence-corrected chi connectivity index (χ0v) is 18.9. The maximum Gasteiger partial charge on any atom is 0.340 e. The van der Waals surface area contributed by atoms with Gasteiger partial charge in [0, 0.05) is 29.3 Å². The van der Waals surface area contributed by atoms with Gasteiger partial charge in [0.15, 0.2) is 0 Å². The Kier molecular flexibility index (Phi) is 6.01. The minimum atomic E-state index is -0.480. The number of carbonyl (C=O) groups is 2. The Morgan fingerprint density at radius 1 is 1.13 bits per heavy atom. The molecule has 5 nitrogen and oxygen atoms in total. The number of hydrogen-bond acceptors (Lipinski definition) is 3. The number of methoxy groups -OCH3 is 1. The Bertz CT molecular complexity index is 1070. The monoisotopic (exact) mass is 406 g/mol. The predicted octanol–water partition coefficient (Wildman–Crippen LogP) is 4.73. The van der Waals surface area contributed by atoms with Crippen LogP contribution in [0.3, 0.4) is 0 Å². The van der Waals surface area contributed by atoms with Gasteiger partial charge in [0.2, 0.25) is 0 Å². The molecule has 0 atom stereocenters. The minimum absolute atomic E-state index is 0.151. The van der Waals surface area contributed by atoms with Crippen molar-refractivity contribution in [1.29, 1.82) is 0 Å². The number of aromatic nitrogens is 1. The van der Waals surface area contributed by atoms with E-state index in [9.17, 15) is 9.59 Å². The van der Waals surface area contributed by atoms with Crippen LogP contribution in [0.2, 0.25) is 0 Å². The van der Waals surface area contributed by atoms with Crippen molar-refractivity contribution in [3.05, 3.63) is 69.7 Å². The molecule has 1 aromatic carbocycles. The minimum Gasteiger partial charge on any atom is -0.465 e. The number of esters is 1. The van der Waals surface area contributed by atoms with Crippen LogP contribution in [0.1, 0.15) is 43.3 Å². The molecule has 0 bridgehead atoms. The predicted molar refractivity (Wildman–Crippen MR) is 119 cm³/mol. The second-order valence-electron chi connectivity index (χ2n) is 8.27. The molecule has 0 N–H and O–H groups in total. The first-order valence-electron chi connectivity index (χ1n) is 10.2. The van der Waals surface area contributed by atoms with Crippen molar-refractivity contribution < 1.29 is 14.3 Å². The maximum absolute atomic E-state index is 13.2.